The minimum absolute atomic E-state index is 0.152. The zero-order chi connectivity index (χ0) is 12.2. The molecule has 0 aliphatic rings. The molecule has 0 aliphatic heterocycles. The van der Waals surface area contributed by atoms with Crippen LogP contribution in [-0.4, -0.2) is 34.5 Å². The molecule has 0 aromatic rings. The molecular weight excluding hydrogens is 208 g/mol. The van der Waals surface area contributed by atoms with Crippen LogP contribution in [0.2, 0.25) is 0 Å². The van der Waals surface area contributed by atoms with Gasteiger partial charge in [-0.15, -0.1) is 0 Å². The highest BCUT2D eigenvalue weighted by molar-refractivity contribution is 5.66. The SMILES string of the molecule is O=C(O)CCCC(CO)CCCCCCO. The summed E-state index contributed by atoms with van der Waals surface area (Å²) in [6.45, 7) is 0.404. The number of hydrogen-bond acceptors (Lipinski definition) is 3. The fourth-order valence-corrected chi connectivity index (χ4v) is 1.77. The Bertz CT molecular complexity index is 170. The van der Waals surface area contributed by atoms with Crippen LogP contribution >= 0.6 is 0 Å². The molecule has 0 bridgehead atoms. The van der Waals surface area contributed by atoms with Gasteiger partial charge in [0.05, 0.1) is 0 Å². The van der Waals surface area contributed by atoms with E-state index >= 15 is 0 Å². The van der Waals surface area contributed by atoms with E-state index in [0.717, 1.165) is 38.5 Å². The Kier molecular flexibility index (Phi) is 10.5. The zero-order valence-corrected chi connectivity index (χ0v) is 9.90. The second-order valence-electron chi connectivity index (χ2n) is 4.26. The van der Waals surface area contributed by atoms with Crippen molar-refractivity contribution < 1.29 is 20.1 Å². The highest BCUT2D eigenvalue weighted by Crippen LogP contribution is 2.16. The van der Waals surface area contributed by atoms with Gasteiger partial charge in [0.1, 0.15) is 0 Å². The zero-order valence-electron chi connectivity index (χ0n) is 9.90. The fraction of sp³-hybridized carbons (Fsp3) is 0.917. The predicted octanol–water partition coefficient (Wildman–Crippen LogP) is 1.79. The van der Waals surface area contributed by atoms with Crippen LogP contribution in [0.5, 0.6) is 0 Å². The van der Waals surface area contributed by atoms with E-state index in [-0.39, 0.29) is 25.6 Å². The van der Waals surface area contributed by atoms with Crippen molar-refractivity contribution in [2.45, 2.75) is 51.4 Å². The molecule has 0 aliphatic carbocycles. The molecule has 3 N–H and O–H groups in total. The van der Waals surface area contributed by atoms with E-state index in [9.17, 15) is 4.79 Å². The largest absolute Gasteiger partial charge is 0.481 e. The van der Waals surface area contributed by atoms with Crippen LogP contribution in [0, 0.1) is 5.92 Å². The number of carboxylic acid groups (broad SMARTS) is 1. The van der Waals surface area contributed by atoms with E-state index in [1.54, 1.807) is 0 Å². The van der Waals surface area contributed by atoms with Crippen LogP contribution in [0.4, 0.5) is 0 Å². The van der Waals surface area contributed by atoms with Gasteiger partial charge in [-0.2, -0.15) is 0 Å². The normalized spacial score (nSPS) is 12.6. The van der Waals surface area contributed by atoms with Crippen molar-refractivity contribution in [3.63, 3.8) is 0 Å². The number of carbonyl (C=O) groups is 1. The molecule has 4 heteroatoms. The average Bonchev–Trinajstić information content (AvgIpc) is 2.26. The first-order chi connectivity index (χ1) is 7.70. The van der Waals surface area contributed by atoms with Gasteiger partial charge in [-0.3, -0.25) is 4.79 Å². The molecule has 1 unspecified atom stereocenters. The molecule has 4 nitrogen and oxygen atoms in total. The third-order valence-electron chi connectivity index (χ3n) is 2.78. The number of aliphatic hydroxyl groups excluding tert-OH is 2. The second-order valence-corrected chi connectivity index (χ2v) is 4.26. The van der Waals surface area contributed by atoms with E-state index in [4.69, 9.17) is 15.3 Å². The molecule has 96 valence electrons. The van der Waals surface area contributed by atoms with E-state index in [1.807, 2.05) is 0 Å². The number of aliphatic hydroxyl groups is 2. The van der Waals surface area contributed by atoms with Crippen molar-refractivity contribution in [2.24, 2.45) is 5.92 Å². The van der Waals surface area contributed by atoms with Crippen molar-refractivity contribution in [1.29, 1.82) is 0 Å². The molecule has 1 atom stereocenters. The maximum Gasteiger partial charge on any atom is 0.303 e. The summed E-state index contributed by atoms with van der Waals surface area (Å²) in [5.41, 5.74) is 0. The van der Waals surface area contributed by atoms with Gasteiger partial charge in [0.2, 0.25) is 0 Å². The predicted molar refractivity (Wildman–Crippen MR) is 62.2 cm³/mol. The summed E-state index contributed by atoms with van der Waals surface area (Å²) in [4.78, 5) is 10.3. The quantitative estimate of drug-likeness (QED) is 0.475. The summed E-state index contributed by atoms with van der Waals surface area (Å²) in [5, 5.41) is 26.2. The lowest BCUT2D eigenvalue weighted by Crippen LogP contribution is -2.07. The second kappa shape index (κ2) is 10.9. The first-order valence-corrected chi connectivity index (χ1v) is 6.14. The van der Waals surface area contributed by atoms with Crippen LogP contribution in [0.1, 0.15) is 51.4 Å². The van der Waals surface area contributed by atoms with E-state index in [2.05, 4.69) is 0 Å². The number of rotatable bonds is 11. The molecule has 0 saturated heterocycles. The molecule has 0 rings (SSSR count). The van der Waals surface area contributed by atoms with Gasteiger partial charge >= 0.3 is 5.97 Å². The highest BCUT2D eigenvalue weighted by Gasteiger charge is 2.08. The van der Waals surface area contributed by atoms with Crippen molar-refractivity contribution in [3.05, 3.63) is 0 Å². The number of aliphatic carboxylic acids is 1. The fourth-order valence-electron chi connectivity index (χ4n) is 1.77. The van der Waals surface area contributed by atoms with Crippen molar-refractivity contribution in [2.75, 3.05) is 13.2 Å². The number of carboxylic acids is 1. The third-order valence-corrected chi connectivity index (χ3v) is 2.78. The first kappa shape index (κ1) is 15.4. The Morgan fingerprint density at radius 2 is 1.56 bits per heavy atom. The third kappa shape index (κ3) is 9.93. The minimum Gasteiger partial charge on any atom is -0.481 e. The van der Waals surface area contributed by atoms with Gasteiger partial charge in [0, 0.05) is 19.6 Å². The highest BCUT2D eigenvalue weighted by atomic mass is 16.4. The monoisotopic (exact) mass is 232 g/mol. The summed E-state index contributed by atoms with van der Waals surface area (Å²) < 4.78 is 0. The Labute approximate surface area is 97.3 Å². The lowest BCUT2D eigenvalue weighted by Gasteiger charge is -2.12. The smallest absolute Gasteiger partial charge is 0.303 e. The molecule has 16 heavy (non-hydrogen) atoms. The first-order valence-electron chi connectivity index (χ1n) is 6.14. The van der Waals surface area contributed by atoms with Gasteiger partial charge in [0.15, 0.2) is 0 Å². The van der Waals surface area contributed by atoms with Gasteiger partial charge in [-0.05, 0) is 31.6 Å². The summed E-state index contributed by atoms with van der Waals surface area (Å²) in [6, 6.07) is 0. The standard InChI is InChI=1S/C12H24O4/c13-9-4-2-1-3-6-11(10-14)7-5-8-12(15)16/h11,13-14H,1-10H2,(H,15,16). The Morgan fingerprint density at radius 3 is 2.12 bits per heavy atom. The van der Waals surface area contributed by atoms with Gasteiger partial charge in [-0.1, -0.05) is 19.3 Å². The topological polar surface area (TPSA) is 77.8 Å². The summed E-state index contributed by atoms with van der Waals surface area (Å²) in [7, 11) is 0. The molecule has 0 heterocycles. The maximum absolute atomic E-state index is 10.3. The Hall–Kier alpha value is -0.610. The Balaban J connectivity index is 3.40. The molecule has 0 radical (unpaired) electrons. The van der Waals surface area contributed by atoms with Gasteiger partial charge in [0.25, 0.3) is 0 Å². The lowest BCUT2D eigenvalue weighted by molar-refractivity contribution is -0.137. The van der Waals surface area contributed by atoms with Crippen LogP contribution in [0.15, 0.2) is 0 Å². The molecule has 0 spiro atoms. The number of unbranched alkanes of at least 4 members (excludes halogenated alkanes) is 3. The lowest BCUT2D eigenvalue weighted by atomic mass is 9.96. The van der Waals surface area contributed by atoms with E-state index < -0.39 is 5.97 Å². The van der Waals surface area contributed by atoms with Gasteiger partial charge < -0.3 is 15.3 Å². The molecular formula is C12H24O4. The van der Waals surface area contributed by atoms with Crippen molar-refractivity contribution in [3.8, 4) is 0 Å². The van der Waals surface area contributed by atoms with Crippen LogP contribution in [0.25, 0.3) is 0 Å². The van der Waals surface area contributed by atoms with Crippen molar-refractivity contribution >= 4 is 5.97 Å². The van der Waals surface area contributed by atoms with Crippen LogP contribution in [0.3, 0.4) is 0 Å². The summed E-state index contributed by atoms with van der Waals surface area (Å²) in [5.74, 6) is -0.520. The van der Waals surface area contributed by atoms with E-state index in [1.165, 1.54) is 0 Å². The minimum atomic E-state index is -0.764. The average molecular weight is 232 g/mol. The summed E-state index contributed by atoms with van der Waals surface area (Å²) >= 11 is 0. The number of hydrogen-bond donors (Lipinski definition) is 3. The maximum atomic E-state index is 10.3. The van der Waals surface area contributed by atoms with Crippen LogP contribution in [-0.2, 0) is 4.79 Å². The van der Waals surface area contributed by atoms with Gasteiger partial charge in [-0.25, -0.2) is 0 Å². The van der Waals surface area contributed by atoms with E-state index in [0.29, 0.717) is 6.42 Å². The molecule has 0 aromatic heterocycles. The van der Waals surface area contributed by atoms with Crippen molar-refractivity contribution in [1.82, 2.24) is 0 Å². The molecule has 0 fully saturated rings. The summed E-state index contributed by atoms with van der Waals surface area (Å²) in [6.07, 6.45) is 6.61. The molecule has 0 amide bonds. The van der Waals surface area contributed by atoms with Crippen LogP contribution < -0.4 is 0 Å². The molecule has 0 saturated carbocycles. The Morgan fingerprint density at radius 1 is 0.938 bits per heavy atom. The molecule has 0 aromatic carbocycles.